The van der Waals surface area contributed by atoms with Crippen molar-refractivity contribution >= 4 is 17.2 Å². The molecular weight excluding hydrogens is 314 g/mol. The monoisotopic (exact) mass is 339 g/mol. The maximum absolute atomic E-state index is 13.0. The average molecular weight is 339 g/mol. The van der Waals surface area contributed by atoms with Gasteiger partial charge in [-0.15, -0.1) is 11.3 Å². The molecule has 0 bridgehead atoms. The van der Waals surface area contributed by atoms with E-state index in [4.69, 9.17) is 14.6 Å². The van der Waals surface area contributed by atoms with Gasteiger partial charge in [0.1, 0.15) is 5.60 Å². The van der Waals surface area contributed by atoms with Crippen LogP contribution in [0.1, 0.15) is 37.0 Å². The van der Waals surface area contributed by atoms with Gasteiger partial charge in [-0.1, -0.05) is 18.9 Å². The van der Waals surface area contributed by atoms with Gasteiger partial charge in [0.25, 0.3) is 0 Å². The predicted molar refractivity (Wildman–Crippen MR) is 88.7 cm³/mol. The normalized spacial score (nSPS) is 26.5. The van der Waals surface area contributed by atoms with Crippen LogP contribution in [0, 0.1) is 0 Å². The van der Waals surface area contributed by atoms with Crippen molar-refractivity contribution in [3.05, 3.63) is 22.4 Å². The third kappa shape index (κ3) is 3.45. The van der Waals surface area contributed by atoms with Crippen molar-refractivity contribution in [1.82, 2.24) is 5.32 Å². The number of hydrogen-bond acceptors (Lipinski definition) is 5. The van der Waals surface area contributed by atoms with Crippen LogP contribution in [0.25, 0.3) is 0 Å². The third-order valence-electron chi connectivity index (χ3n) is 5.02. The Morgan fingerprint density at radius 2 is 2.22 bits per heavy atom. The molecule has 1 atom stereocenters. The highest BCUT2D eigenvalue weighted by Gasteiger charge is 2.45. The number of ether oxygens (including phenoxy) is 2. The largest absolute Gasteiger partial charge is 0.394 e. The summed E-state index contributed by atoms with van der Waals surface area (Å²) in [7, 11) is 0. The van der Waals surface area contributed by atoms with Crippen LogP contribution in [0.15, 0.2) is 17.5 Å². The molecule has 0 aromatic carbocycles. The van der Waals surface area contributed by atoms with E-state index >= 15 is 0 Å². The molecule has 3 rings (SSSR count). The highest BCUT2D eigenvalue weighted by Crippen LogP contribution is 2.43. The Bertz CT molecular complexity index is 505. The molecule has 2 N–H and O–H groups in total. The van der Waals surface area contributed by atoms with Gasteiger partial charge >= 0.3 is 0 Å². The lowest BCUT2D eigenvalue weighted by molar-refractivity contribution is -0.129. The zero-order valence-electron chi connectivity index (χ0n) is 13.4. The Labute approximate surface area is 141 Å². The van der Waals surface area contributed by atoms with Gasteiger partial charge in [-0.2, -0.15) is 0 Å². The summed E-state index contributed by atoms with van der Waals surface area (Å²) in [6.45, 7) is 1.81. The zero-order chi connectivity index (χ0) is 16.2. The summed E-state index contributed by atoms with van der Waals surface area (Å²) in [5.74, 6) is 0.108. The van der Waals surface area contributed by atoms with Crippen LogP contribution in [0.5, 0.6) is 0 Å². The number of aliphatic hydroxyl groups is 1. The predicted octanol–water partition coefficient (Wildman–Crippen LogP) is 1.84. The Hall–Kier alpha value is -0.950. The molecule has 6 heteroatoms. The first-order valence-corrected chi connectivity index (χ1v) is 9.24. The first kappa shape index (κ1) is 16.9. The van der Waals surface area contributed by atoms with Gasteiger partial charge in [-0.25, -0.2) is 0 Å². The zero-order valence-corrected chi connectivity index (χ0v) is 14.2. The van der Waals surface area contributed by atoms with Crippen LogP contribution >= 0.6 is 11.3 Å². The van der Waals surface area contributed by atoms with Crippen LogP contribution in [0.3, 0.4) is 0 Å². The summed E-state index contributed by atoms with van der Waals surface area (Å²) in [6.07, 6.45) is 4.78. The van der Waals surface area contributed by atoms with Gasteiger partial charge < -0.3 is 19.9 Å². The summed E-state index contributed by atoms with van der Waals surface area (Å²) < 4.78 is 11.2. The molecule has 1 aliphatic heterocycles. The summed E-state index contributed by atoms with van der Waals surface area (Å²) in [6, 6.07) is 4.09. The quantitative estimate of drug-likeness (QED) is 0.795. The van der Waals surface area contributed by atoms with Gasteiger partial charge in [0.2, 0.25) is 5.91 Å². The van der Waals surface area contributed by atoms with E-state index in [0.717, 1.165) is 32.1 Å². The lowest BCUT2D eigenvalue weighted by Crippen LogP contribution is -2.51. The first-order chi connectivity index (χ1) is 11.2. The summed E-state index contributed by atoms with van der Waals surface area (Å²) in [4.78, 5) is 14.2. The van der Waals surface area contributed by atoms with Gasteiger partial charge in [-0.05, 0) is 24.3 Å². The van der Waals surface area contributed by atoms with Crippen molar-refractivity contribution in [2.24, 2.45) is 0 Å². The highest BCUT2D eigenvalue weighted by atomic mass is 32.1. The molecule has 128 valence electrons. The second kappa shape index (κ2) is 7.30. The number of rotatable bonds is 7. The number of amides is 1. The lowest BCUT2D eigenvalue weighted by atomic mass is 9.83. The van der Waals surface area contributed by atoms with Crippen LogP contribution in [0.4, 0.5) is 0 Å². The summed E-state index contributed by atoms with van der Waals surface area (Å²) in [5.41, 5.74) is -0.862. The smallest absolute Gasteiger partial charge is 0.231 e. The minimum atomic E-state index is -0.492. The highest BCUT2D eigenvalue weighted by molar-refractivity contribution is 7.10. The van der Waals surface area contributed by atoms with Gasteiger partial charge in [0.05, 0.1) is 25.2 Å². The van der Waals surface area contributed by atoms with Crippen LogP contribution in [-0.4, -0.2) is 49.6 Å². The molecule has 2 fully saturated rings. The molecule has 0 spiro atoms. The van der Waals surface area contributed by atoms with Crippen molar-refractivity contribution in [3.8, 4) is 0 Å². The van der Waals surface area contributed by atoms with E-state index < -0.39 is 5.60 Å². The van der Waals surface area contributed by atoms with Crippen LogP contribution in [0.2, 0.25) is 0 Å². The SMILES string of the molecule is O=C(NCC1(OCCO)CCOC1)C1(c2cccs2)CCCC1. The van der Waals surface area contributed by atoms with Crippen molar-refractivity contribution < 1.29 is 19.4 Å². The summed E-state index contributed by atoms with van der Waals surface area (Å²) >= 11 is 1.67. The van der Waals surface area contributed by atoms with Gasteiger partial charge in [-0.3, -0.25) is 4.79 Å². The van der Waals surface area contributed by atoms with Crippen molar-refractivity contribution in [1.29, 1.82) is 0 Å². The standard InChI is InChI=1S/C17H25NO4S/c19-8-10-22-16(7-9-21-13-16)12-18-15(20)17(5-1-2-6-17)14-4-3-11-23-14/h3-4,11,19H,1-2,5-10,12-13H2,(H,18,20). The van der Waals surface area contributed by atoms with Crippen molar-refractivity contribution in [2.45, 2.75) is 43.1 Å². The molecule has 1 aliphatic carbocycles. The fourth-order valence-corrected chi connectivity index (χ4v) is 4.66. The average Bonchev–Trinajstić information content (AvgIpc) is 3.32. The minimum absolute atomic E-state index is 0.0190. The molecule has 1 aromatic rings. The number of nitrogens with one attached hydrogen (secondary N) is 1. The molecule has 0 radical (unpaired) electrons. The van der Waals surface area contributed by atoms with E-state index in [-0.39, 0.29) is 24.5 Å². The van der Waals surface area contributed by atoms with Crippen molar-refractivity contribution in [3.63, 3.8) is 0 Å². The van der Waals surface area contributed by atoms with E-state index in [9.17, 15) is 4.79 Å². The molecule has 2 aliphatic rings. The Kier molecular flexibility index (Phi) is 5.36. The van der Waals surface area contributed by atoms with Crippen LogP contribution in [-0.2, 0) is 19.7 Å². The summed E-state index contributed by atoms with van der Waals surface area (Å²) in [5, 5.41) is 14.2. The third-order valence-corrected chi connectivity index (χ3v) is 6.10. The van der Waals surface area contributed by atoms with Crippen LogP contribution < -0.4 is 5.32 Å². The molecular formula is C17H25NO4S. The number of thiophene rings is 1. The van der Waals surface area contributed by atoms with Crippen molar-refractivity contribution in [2.75, 3.05) is 33.0 Å². The Balaban J connectivity index is 1.67. The van der Waals surface area contributed by atoms with E-state index in [0.29, 0.717) is 19.8 Å². The number of carbonyl (C=O) groups is 1. The molecule has 5 nitrogen and oxygen atoms in total. The number of carbonyl (C=O) groups excluding carboxylic acids is 1. The molecule has 1 saturated heterocycles. The Morgan fingerprint density at radius 3 is 2.83 bits per heavy atom. The topological polar surface area (TPSA) is 67.8 Å². The fraction of sp³-hybridized carbons (Fsp3) is 0.706. The molecule has 2 heterocycles. The maximum Gasteiger partial charge on any atom is 0.231 e. The number of aliphatic hydroxyl groups excluding tert-OH is 1. The molecule has 23 heavy (non-hydrogen) atoms. The van der Waals surface area contributed by atoms with E-state index in [2.05, 4.69) is 11.4 Å². The minimum Gasteiger partial charge on any atom is -0.394 e. The lowest BCUT2D eigenvalue weighted by Gasteiger charge is -2.31. The van der Waals surface area contributed by atoms with Gasteiger partial charge in [0.15, 0.2) is 0 Å². The van der Waals surface area contributed by atoms with E-state index in [1.165, 1.54) is 4.88 Å². The van der Waals surface area contributed by atoms with E-state index in [1.54, 1.807) is 11.3 Å². The second-order valence-corrected chi connectivity index (χ2v) is 7.45. The number of hydrogen-bond donors (Lipinski definition) is 2. The molecule has 1 unspecified atom stereocenters. The maximum atomic E-state index is 13.0. The molecule has 1 amide bonds. The first-order valence-electron chi connectivity index (χ1n) is 8.36. The second-order valence-electron chi connectivity index (χ2n) is 6.51. The molecule has 1 saturated carbocycles. The molecule has 1 aromatic heterocycles. The Morgan fingerprint density at radius 1 is 1.39 bits per heavy atom. The fourth-order valence-electron chi connectivity index (χ4n) is 3.68. The van der Waals surface area contributed by atoms with E-state index in [1.807, 2.05) is 11.4 Å². The van der Waals surface area contributed by atoms with Gasteiger partial charge in [0, 0.05) is 24.4 Å².